The summed E-state index contributed by atoms with van der Waals surface area (Å²) in [4.78, 5) is 26.5. The number of fused-ring (bicyclic) bond motifs is 1. The monoisotopic (exact) mass is 378 g/mol. The van der Waals surface area contributed by atoms with E-state index in [4.69, 9.17) is 9.15 Å². The molecule has 6 nitrogen and oxygen atoms in total. The lowest BCUT2D eigenvalue weighted by Crippen LogP contribution is -2.23. The van der Waals surface area contributed by atoms with Crippen molar-refractivity contribution in [3.05, 3.63) is 53.8 Å². The van der Waals surface area contributed by atoms with Crippen molar-refractivity contribution in [3.8, 4) is 5.75 Å². The van der Waals surface area contributed by atoms with Crippen LogP contribution in [0.2, 0.25) is 0 Å². The predicted molar refractivity (Wildman–Crippen MR) is 108 cm³/mol. The quantitative estimate of drug-likeness (QED) is 0.709. The molecule has 144 valence electrons. The van der Waals surface area contributed by atoms with E-state index in [2.05, 4.69) is 5.32 Å². The van der Waals surface area contributed by atoms with Gasteiger partial charge in [0.2, 0.25) is 5.91 Å². The molecule has 0 spiro atoms. The number of carbonyl (C=O) groups is 2. The summed E-state index contributed by atoms with van der Waals surface area (Å²) >= 11 is 0. The van der Waals surface area contributed by atoms with Gasteiger partial charge in [-0.15, -0.1) is 0 Å². The van der Waals surface area contributed by atoms with Crippen molar-refractivity contribution in [2.45, 2.75) is 26.7 Å². The number of hydrogen-bond acceptors (Lipinski definition) is 4. The van der Waals surface area contributed by atoms with Crippen LogP contribution in [-0.4, -0.2) is 25.0 Å². The number of benzene rings is 2. The Morgan fingerprint density at radius 2 is 2.11 bits per heavy atom. The summed E-state index contributed by atoms with van der Waals surface area (Å²) in [7, 11) is 0. The Bertz CT molecular complexity index is 1050. The smallest absolute Gasteiger partial charge is 0.291 e. The number of ether oxygens (including phenoxy) is 1. The number of nitrogens with one attached hydrogen (secondary N) is 1. The molecule has 1 aliphatic rings. The van der Waals surface area contributed by atoms with Crippen molar-refractivity contribution in [1.29, 1.82) is 0 Å². The third kappa shape index (κ3) is 3.33. The lowest BCUT2D eigenvalue weighted by atomic mass is 10.1. The summed E-state index contributed by atoms with van der Waals surface area (Å²) in [6.07, 6.45) is 1.43. The second kappa shape index (κ2) is 7.38. The van der Waals surface area contributed by atoms with E-state index in [0.717, 1.165) is 28.8 Å². The standard InChI is InChI=1S/C22H22N2O4/c1-3-27-17-9-10-19-18(13-17)14(2)21(28-19)22(26)23-15-6-4-7-16(12-15)24-11-5-8-20(24)25/h4,6-7,9-10,12-13H,3,5,8,11H2,1-2H3,(H,23,26). The van der Waals surface area contributed by atoms with E-state index >= 15 is 0 Å². The van der Waals surface area contributed by atoms with Crippen molar-refractivity contribution < 1.29 is 18.7 Å². The molecule has 1 N–H and O–H groups in total. The zero-order valence-electron chi connectivity index (χ0n) is 16.0. The minimum Gasteiger partial charge on any atom is -0.494 e. The molecule has 0 atom stereocenters. The highest BCUT2D eigenvalue weighted by Gasteiger charge is 2.22. The van der Waals surface area contributed by atoms with Gasteiger partial charge in [-0.05, 0) is 56.7 Å². The molecule has 1 aromatic heterocycles. The lowest BCUT2D eigenvalue weighted by Gasteiger charge is -2.16. The lowest BCUT2D eigenvalue weighted by molar-refractivity contribution is -0.117. The number of nitrogens with zero attached hydrogens (tertiary/aromatic N) is 1. The van der Waals surface area contributed by atoms with Crippen LogP contribution in [0.1, 0.15) is 35.9 Å². The van der Waals surface area contributed by atoms with Crippen LogP contribution in [0.15, 0.2) is 46.9 Å². The molecule has 2 aromatic carbocycles. The van der Waals surface area contributed by atoms with Crippen molar-refractivity contribution in [2.75, 3.05) is 23.4 Å². The first-order chi connectivity index (χ1) is 13.6. The average molecular weight is 378 g/mol. The van der Waals surface area contributed by atoms with E-state index in [-0.39, 0.29) is 17.6 Å². The third-order valence-electron chi connectivity index (χ3n) is 4.91. The van der Waals surface area contributed by atoms with E-state index in [0.29, 0.717) is 30.8 Å². The highest BCUT2D eigenvalue weighted by atomic mass is 16.5. The summed E-state index contributed by atoms with van der Waals surface area (Å²) in [5, 5.41) is 3.73. The Hall–Kier alpha value is -3.28. The second-order valence-electron chi connectivity index (χ2n) is 6.80. The Balaban J connectivity index is 1.58. The highest BCUT2D eigenvalue weighted by Crippen LogP contribution is 2.30. The molecule has 6 heteroatoms. The van der Waals surface area contributed by atoms with Crippen molar-refractivity contribution in [2.24, 2.45) is 0 Å². The van der Waals surface area contributed by atoms with Crippen LogP contribution in [0.4, 0.5) is 11.4 Å². The van der Waals surface area contributed by atoms with E-state index in [9.17, 15) is 9.59 Å². The summed E-state index contributed by atoms with van der Waals surface area (Å²) in [6, 6.07) is 12.8. The summed E-state index contributed by atoms with van der Waals surface area (Å²) in [6.45, 7) is 5.07. The zero-order chi connectivity index (χ0) is 19.7. The van der Waals surface area contributed by atoms with Crippen molar-refractivity contribution in [3.63, 3.8) is 0 Å². The van der Waals surface area contributed by atoms with E-state index in [1.54, 1.807) is 11.0 Å². The molecule has 2 heterocycles. The molecule has 28 heavy (non-hydrogen) atoms. The van der Waals surface area contributed by atoms with E-state index in [1.807, 2.05) is 50.2 Å². The van der Waals surface area contributed by atoms with E-state index in [1.165, 1.54) is 0 Å². The molecule has 0 saturated carbocycles. The fourth-order valence-corrected chi connectivity index (χ4v) is 3.53. The van der Waals surface area contributed by atoms with Gasteiger partial charge in [-0.2, -0.15) is 0 Å². The van der Waals surface area contributed by atoms with Crippen molar-refractivity contribution in [1.82, 2.24) is 0 Å². The van der Waals surface area contributed by atoms with Gasteiger partial charge in [0.25, 0.3) is 5.91 Å². The Morgan fingerprint density at radius 1 is 1.25 bits per heavy atom. The molecular formula is C22H22N2O4. The maximum atomic E-state index is 12.8. The van der Waals surface area contributed by atoms with Gasteiger partial charge in [0.15, 0.2) is 5.76 Å². The molecule has 1 saturated heterocycles. The molecule has 0 radical (unpaired) electrons. The molecule has 0 aliphatic carbocycles. The predicted octanol–water partition coefficient (Wildman–Crippen LogP) is 4.52. The number of amides is 2. The Kier molecular flexibility index (Phi) is 4.77. The molecule has 4 rings (SSSR count). The number of anilines is 2. The maximum Gasteiger partial charge on any atom is 0.291 e. The molecule has 3 aromatic rings. The van der Waals surface area contributed by atoms with Gasteiger partial charge < -0.3 is 19.4 Å². The highest BCUT2D eigenvalue weighted by molar-refractivity contribution is 6.07. The van der Waals surface area contributed by atoms with Crippen LogP contribution in [0, 0.1) is 6.92 Å². The van der Waals surface area contributed by atoms with Crippen LogP contribution in [0.5, 0.6) is 5.75 Å². The number of rotatable bonds is 5. The fourth-order valence-electron chi connectivity index (χ4n) is 3.53. The van der Waals surface area contributed by atoms with Crippen LogP contribution >= 0.6 is 0 Å². The molecule has 2 amide bonds. The number of carbonyl (C=O) groups excluding carboxylic acids is 2. The van der Waals surface area contributed by atoms with E-state index < -0.39 is 0 Å². The zero-order valence-corrected chi connectivity index (χ0v) is 16.0. The van der Waals surface area contributed by atoms with Gasteiger partial charge in [0.1, 0.15) is 11.3 Å². The summed E-state index contributed by atoms with van der Waals surface area (Å²) in [5.41, 5.74) is 2.82. The Labute approximate surface area is 163 Å². The van der Waals surface area contributed by atoms with Gasteiger partial charge in [-0.25, -0.2) is 0 Å². The number of hydrogen-bond donors (Lipinski definition) is 1. The van der Waals surface area contributed by atoms with Crippen LogP contribution < -0.4 is 15.0 Å². The largest absolute Gasteiger partial charge is 0.494 e. The second-order valence-corrected chi connectivity index (χ2v) is 6.80. The normalized spacial score (nSPS) is 13.9. The van der Waals surface area contributed by atoms with Gasteiger partial charge in [-0.1, -0.05) is 6.07 Å². The number of furan rings is 1. The maximum absolute atomic E-state index is 12.8. The minimum atomic E-state index is -0.323. The molecule has 1 aliphatic heterocycles. The summed E-state index contributed by atoms with van der Waals surface area (Å²) < 4.78 is 11.3. The SMILES string of the molecule is CCOc1ccc2oc(C(=O)Nc3cccc(N4CCCC4=O)c3)c(C)c2c1. The average Bonchev–Trinajstić information content (AvgIpc) is 3.26. The van der Waals surface area contributed by atoms with Gasteiger partial charge in [0, 0.05) is 35.3 Å². The minimum absolute atomic E-state index is 0.113. The van der Waals surface area contributed by atoms with Gasteiger partial charge in [0.05, 0.1) is 6.61 Å². The Morgan fingerprint density at radius 3 is 2.86 bits per heavy atom. The van der Waals surface area contributed by atoms with Crippen LogP contribution in [-0.2, 0) is 4.79 Å². The van der Waals surface area contributed by atoms with Crippen molar-refractivity contribution >= 4 is 34.2 Å². The fraction of sp³-hybridized carbons (Fsp3) is 0.273. The van der Waals surface area contributed by atoms with Gasteiger partial charge >= 0.3 is 0 Å². The van der Waals surface area contributed by atoms with Gasteiger partial charge in [-0.3, -0.25) is 9.59 Å². The summed E-state index contributed by atoms with van der Waals surface area (Å²) in [5.74, 6) is 0.804. The first-order valence-electron chi connectivity index (χ1n) is 9.44. The van der Waals surface area contributed by atoms with Crippen LogP contribution in [0.25, 0.3) is 11.0 Å². The molecule has 0 unspecified atom stereocenters. The molecule has 1 fully saturated rings. The first kappa shape index (κ1) is 18.1. The first-order valence-corrected chi connectivity index (χ1v) is 9.44. The molecule has 0 bridgehead atoms. The topological polar surface area (TPSA) is 71.8 Å². The third-order valence-corrected chi connectivity index (χ3v) is 4.91. The molecular weight excluding hydrogens is 356 g/mol. The van der Waals surface area contributed by atoms with Crippen LogP contribution in [0.3, 0.4) is 0 Å². The number of aryl methyl sites for hydroxylation is 1.